The Hall–Kier alpha value is -1.77. The first-order valence-electron chi connectivity index (χ1n) is 3.76. The Bertz CT molecular complexity index is 507. The summed E-state index contributed by atoms with van der Waals surface area (Å²) in [4.78, 5) is 21.5. The second-order valence-electron chi connectivity index (χ2n) is 2.71. The molecule has 0 saturated heterocycles. The highest BCUT2D eigenvalue weighted by molar-refractivity contribution is 5.66. The van der Waals surface area contributed by atoms with Crippen molar-refractivity contribution in [1.82, 2.24) is 0 Å². The van der Waals surface area contributed by atoms with Gasteiger partial charge in [-0.1, -0.05) is 30.3 Å². The maximum atomic E-state index is 12.8. The molecule has 0 N–H and O–H groups in total. The molecule has 13 heavy (non-hydrogen) atoms. The molecule has 2 rings (SSSR count). The molecule has 0 aromatic heterocycles. The Labute approximate surface area is 73.0 Å². The van der Waals surface area contributed by atoms with E-state index < -0.39 is 16.7 Å². The van der Waals surface area contributed by atoms with Crippen LogP contribution in [0.4, 0.5) is 4.39 Å². The van der Waals surface area contributed by atoms with E-state index in [4.69, 9.17) is 0 Å². The fourth-order valence-electron chi connectivity index (χ4n) is 1.23. The summed E-state index contributed by atoms with van der Waals surface area (Å²) in [6.07, 6.45) is 0. The van der Waals surface area contributed by atoms with Crippen LogP contribution in [0.2, 0.25) is 0 Å². The summed E-state index contributed by atoms with van der Waals surface area (Å²) in [6.45, 7) is 0. The van der Waals surface area contributed by atoms with Crippen LogP contribution in [0.25, 0.3) is 11.1 Å². The van der Waals surface area contributed by atoms with Gasteiger partial charge < -0.3 is 0 Å². The fourth-order valence-corrected chi connectivity index (χ4v) is 1.23. The summed E-state index contributed by atoms with van der Waals surface area (Å²) < 4.78 is 12.8. The van der Waals surface area contributed by atoms with Crippen LogP contribution < -0.4 is 10.9 Å². The molecule has 0 spiro atoms. The Morgan fingerprint density at radius 1 is 0.923 bits per heavy atom. The lowest BCUT2D eigenvalue weighted by Gasteiger charge is -2.02. The molecule has 0 atom stereocenters. The first kappa shape index (κ1) is 7.86. The standard InChI is InChI=1S/C10H5FO2/c11-8-7(9(12)10(8)13)6-4-2-1-3-5-6/h1-5H. The van der Waals surface area contributed by atoms with Gasteiger partial charge in [0.15, 0.2) is 5.82 Å². The Morgan fingerprint density at radius 3 is 2.08 bits per heavy atom. The van der Waals surface area contributed by atoms with Gasteiger partial charge in [-0.05, 0) is 5.56 Å². The summed E-state index contributed by atoms with van der Waals surface area (Å²) in [5, 5.41) is 0. The van der Waals surface area contributed by atoms with Crippen LogP contribution in [-0.2, 0) is 0 Å². The third kappa shape index (κ3) is 1.01. The van der Waals surface area contributed by atoms with Crippen molar-refractivity contribution in [1.29, 1.82) is 0 Å². The van der Waals surface area contributed by atoms with Gasteiger partial charge in [0.1, 0.15) is 0 Å². The molecule has 0 radical (unpaired) electrons. The lowest BCUT2D eigenvalue weighted by Crippen LogP contribution is -2.36. The Kier molecular flexibility index (Phi) is 1.59. The quantitative estimate of drug-likeness (QED) is 0.609. The summed E-state index contributed by atoms with van der Waals surface area (Å²) >= 11 is 0. The molecule has 0 aliphatic heterocycles. The van der Waals surface area contributed by atoms with Crippen molar-refractivity contribution in [2.45, 2.75) is 0 Å². The zero-order valence-corrected chi connectivity index (χ0v) is 6.58. The maximum absolute atomic E-state index is 12.8. The van der Waals surface area contributed by atoms with E-state index in [2.05, 4.69) is 0 Å². The predicted molar refractivity (Wildman–Crippen MR) is 46.7 cm³/mol. The summed E-state index contributed by atoms with van der Waals surface area (Å²) in [5.74, 6) is -0.920. The average molecular weight is 176 g/mol. The number of hydrogen-bond acceptors (Lipinski definition) is 2. The molecule has 0 fully saturated rings. The van der Waals surface area contributed by atoms with Crippen molar-refractivity contribution in [3.05, 3.63) is 56.6 Å². The molecule has 2 aromatic rings. The molecule has 0 bridgehead atoms. The van der Waals surface area contributed by atoms with Gasteiger partial charge in [-0.3, -0.25) is 9.59 Å². The van der Waals surface area contributed by atoms with Gasteiger partial charge in [0.05, 0.1) is 5.56 Å². The molecule has 0 amide bonds. The normalized spacial score (nSPS) is 10.5. The second-order valence-corrected chi connectivity index (χ2v) is 2.71. The summed E-state index contributed by atoms with van der Waals surface area (Å²) in [5.41, 5.74) is -1.38. The topological polar surface area (TPSA) is 34.1 Å². The third-order valence-electron chi connectivity index (χ3n) is 1.91. The van der Waals surface area contributed by atoms with Crippen LogP contribution in [0.1, 0.15) is 0 Å². The molecular formula is C10H5FO2. The van der Waals surface area contributed by atoms with Gasteiger partial charge >= 0.3 is 0 Å². The van der Waals surface area contributed by atoms with E-state index >= 15 is 0 Å². The van der Waals surface area contributed by atoms with Crippen molar-refractivity contribution < 1.29 is 4.39 Å². The predicted octanol–water partition coefficient (Wildman–Crippen LogP) is 1.09. The van der Waals surface area contributed by atoms with Crippen LogP contribution in [0.3, 0.4) is 0 Å². The van der Waals surface area contributed by atoms with Crippen LogP contribution in [-0.4, -0.2) is 0 Å². The highest BCUT2D eigenvalue weighted by Crippen LogP contribution is 2.16. The average Bonchev–Trinajstić information content (AvgIpc) is 2.19. The third-order valence-corrected chi connectivity index (χ3v) is 1.91. The molecule has 0 aliphatic carbocycles. The zero-order chi connectivity index (χ0) is 9.42. The lowest BCUT2D eigenvalue weighted by molar-refractivity contribution is 0.607. The van der Waals surface area contributed by atoms with Gasteiger partial charge in [0.2, 0.25) is 5.43 Å². The highest BCUT2D eigenvalue weighted by atomic mass is 19.1. The number of halogens is 1. The van der Waals surface area contributed by atoms with E-state index in [1.807, 2.05) is 0 Å². The van der Waals surface area contributed by atoms with Gasteiger partial charge in [0, 0.05) is 0 Å². The van der Waals surface area contributed by atoms with Crippen molar-refractivity contribution in [2.75, 3.05) is 0 Å². The van der Waals surface area contributed by atoms with E-state index in [0.717, 1.165) is 0 Å². The van der Waals surface area contributed by atoms with Crippen LogP contribution in [0.5, 0.6) is 0 Å². The number of hydrogen-bond donors (Lipinski definition) is 0. The van der Waals surface area contributed by atoms with E-state index in [1.165, 1.54) is 0 Å². The molecule has 0 aliphatic rings. The van der Waals surface area contributed by atoms with Gasteiger partial charge in [-0.2, -0.15) is 0 Å². The maximum Gasteiger partial charge on any atom is 0.262 e. The minimum Gasteiger partial charge on any atom is -0.285 e. The first-order chi connectivity index (χ1) is 6.22. The Balaban J connectivity index is 2.63. The molecule has 2 nitrogen and oxygen atoms in total. The number of benzene rings is 1. The fraction of sp³-hybridized carbons (Fsp3) is 0. The van der Waals surface area contributed by atoms with E-state index in [1.54, 1.807) is 30.3 Å². The largest absolute Gasteiger partial charge is 0.285 e. The van der Waals surface area contributed by atoms with Crippen molar-refractivity contribution >= 4 is 0 Å². The van der Waals surface area contributed by atoms with Gasteiger partial charge in [-0.15, -0.1) is 0 Å². The molecular weight excluding hydrogens is 171 g/mol. The number of rotatable bonds is 1. The van der Waals surface area contributed by atoms with Gasteiger partial charge in [-0.25, -0.2) is 4.39 Å². The van der Waals surface area contributed by atoms with E-state index in [0.29, 0.717) is 5.56 Å². The molecule has 64 valence electrons. The summed E-state index contributed by atoms with van der Waals surface area (Å²) in [6, 6.07) is 8.32. The molecule has 0 saturated carbocycles. The van der Waals surface area contributed by atoms with E-state index in [9.17, 15) is 14.0 Å². The van der Waals surface area contributed by atoms with Crippen LogP contribution >= 0.6 is 0 Å². The molecule has 3 heteroatoms. The first-order valence-corrected chi connectivity index (χ1v) is 3.76. The smallest absolute Gasteiger partial charge is 0.262 e. The van der Waals surface area contributed by atoms with Crippen LogP contribution in [0, 0.1) is 5.82 Å². The minimum atomic E-state index is -1.01. The van der Waals surface area contributed by atoms with Gasteiger partial charge in [0.25, 0.3) is 5.43 Å². The minimum absolute atomic E-state index is 0.0920. The van der Waals surface area contributed by atoms with Crippen molar-refractivity contribution in [3.63, 3.8) is 0 Å². The monoisotopic (exact) mass is 176 g/mol. The Morgan fingerprint density at radius 2 is 1.54 bits per heavy atom. The van der Waals surface area contributed by atoms with Crippen molar-refractivity contribution in [2.24, 2.45) is 0 Å². The highest BCUT2D eigenvalue weighted by Gasteiger charge is 2.21. The van der Waals surface area contributed by atoms with Crippen LogP contribution in [0.15, 0.2) is 39.9 Å². The van der Waals surface area contributed by atoms with Crippen molar-refractivity contribution in [3.8, 4) is 11.1 Å². The lowest BCUT2D eigenvalue weighted by atomic mass is 10.0. The SMILES string of the molecule is O=c1c(F)c(-c2ccccc2)c1=O. The summed E-state index contributed by atoms with van der Waals surface area (Å²) in [7, 11) is 0. The zero-order valence-electron chi connectivity index (χ0n) is 6.58. The molecule has 0 heterocycles. The van der Waals surface area contributed by atoms with E-state index in [-0.39, 0.29) is 5.56 Å². The second kappa shape index (κ2) is 2.62. The molecule has 2 aromatic carbocycles. The molecule has 0 unspecified atom stereocenters.